The molecule has 1 aromatic carbocycles. The van der Waals surface area contributed by atoms with Crippen molar-refractivity contribution in [3.05, 3.63) is 81.6 Å². The largest absolute Gasteiger partial charge is 0.485 e. The number of ether oxygens (including phenoxy) is 2. The van der Waals surface area contributed by atoms with Gasteiger partial charge in [-0.05, 0) is 69.4 Å². The van der Waals surface area contributed by atoms with Crippen molar-refractivity contribution in [3.8, 4) is 5.75 Å². The molecule has 0 atom stereocenters. The second-order valence-corrected chi connectivity index (χ2v) is 15.5. The number of amides is 2. The number of aryl methyl sites for hydroxylation is 1. The van der Waals surface area contributed by atoms with Gasteiger partial charge in [-0.15, -0.1) is 5.10 Å². The minimum Gasteiger partial charge on any atom is -0.485 e. The van der Waals surface area contributed by atoms with Crippen LogP contribution in [0.4, 0.5) is 18.9 Å². The molecule has 2 bridgehead atoms. The first-order valence-corrected chi connectivity index (χ1v) is 19.6. The Bertz CT molecular complexity index is 2240. The van der Waals surface area contributed by atoms with Gasteiger partial charge in [0.25, 0.3) is 11.5 Å². The fourth-order valence-corrected chi connectivity index (χ4v) is 8.87. The molecule has 17 heteroatoms. The van der Waals surface area contributed by atoms with E-state index in [0.717, 1.165) is 11.1 Å². The van der Waals surface area contributed by atoms with Gasteiger partial charge in [0.2, 0.25) is 11.7 Å². The van der Waals surface area contributed by atoms with E-state index in [4.69, 9.17) is 14.5 Å². The molecular weight excluding hydrogens is 743 g/mol. The number of nitrogens with one attached hydrogen (secondary N) is 1. The zero-order valence-electron chi connectivity index (χ0n) is 32.1. The first-order valence-electron chi connectivity index (χ1n) is 19.6. The number of aromatic nitrogens is 6. The van der Waals surface area contributed by atoms with Crippen molar-refractivity contribution in [1.29, 1.82) is 0 Å². The van der Waals surface area contributed by atoms with Gasteiger partial charge in [-0.2, -0.15) is 22.7 Å². The number of benzene rings is 1. The minimum atomic E-state index is -4.27. The van der Waals surface area contributed by atoms with E-state index in [1.54, 1.807) is 16.4 Å². The highest BCUT2D eigenvalue weighted by molar-refractivity contribution is 5.95. The Morgan fingerprint density at radius 1 is 1.00 bits per heavy atom. The molecule has 0 spiro atoms. The lowest BCUT2D eigenvalue weighted by Crippen LogP contribution is -2.60. The van der Waals surface area contributed by atoms with Gasteiger partial charge >= 0.3 is 6.18 Å². The summed E-state index contributed by atoms with van der Waals surface area (Å²) in [6.45, 7) is 5.74. The van der Waals surface area contributed by atoms with E-state index in [-0.39, 0.29) is 88.1 Å². The van der Waals surface area contributed by atoms with Crippen LogP contribution in [0.1, 0.15) is 85.1 Å². The Hall–Kier alpha value is -5.32. The highest BCUT2D eigenvalue weighted by Crippen LogP contribution is 2.59. The number of anilines is 1. The Morgan fingerprint density at radius 3 is 2.37 bits per heavy atom. The topological polar surface area (TPSA) is 149 Å². The summed E-state index contributed by atoms with van der Waals surface area (Å²) >= 11 is 0. The summed E-state index contributed by atoms with van der Waals surface area (Å²) < 4.78 is 56.4. The molecule has 1 saturated heterocycles. The number of piperazine rings is 1. The third kappa shape index (κ3) is 7.25. The van der Waals surface area contributed by atoms with Crippen LogP contribution in [0.3, 0.4) is 0 Å². The van der Waals surface area contributed by atoms with E-state index < -0.39 is 22.7 Å². The highest BCUT2D eigenvalue weighted by Gasteiger charge is 2.61. The average Bonchev–Trinajstić information content (AvgIpc) is 3.68. The molecule has 2 amide bonds. The monoisotopic (exact) mass is 789 g/mol. The van der Waals surface area contributed by atoms with Gasteiger partial charge in [-0.1, -0.05) is 43.3 Å². The van der Waals surface area contributed by atoms with Crippen LogP contribution in [0.25, 0.3) is 11.4 Å². The maximum absolute atomic E-state index is 14.4. The summed E-state index contributed by atoms with van der Waals surface area (Å²) in [5.41, 5.74) is 0.616. The molecule has 57 heavy (non-hydrogen) atoms. The smallest absolute Gasteiger partial charge is 0.394 e. The molecule has 14 nitrogen and oxygen atoms in total. The van der Waals surface area contributed by atoms with Crippen LogP contribution in [0.15, 0.2) is 47.5 Å². The molecule has 3 saturated carbocycles. The van der Waals surface area contributed by atoms with Gasteiger partial charge in [-0.3, -0.25) is 14.4 Å². The van der Waals surface area contributed by atoms with Gasteiger partial charge < -0.3 is 29.2 Å². The maximum atomic E-state index is 14.4. The molecule has 3 aliphatic carbocycles. The van der Waals surface area contributed by atoms with Crippen LogP contribution in [-0.4, -0.2) is 97.0 Å². The van der Waals surface area contributed by atoms with Crippen LogP contribution in [0.5, 0.6) is 5.75 Å². The zero-order valence-corrected chi connectivity index (χ0v) is 32.1. The van der Waals surface area contributed by atoms with E-state index in [0.29, 0.717) is 67.8 Å². The number of rotatable bonds is 10. The maximum Gasteiger partial charge on any atom is 0.394 e. The molecule has 4 fully saturated rings. The molecule has 4 aromatic rings. The van der Waals surface area contributed by atoms with Crippen LogP contribution in [-0.2, 0) is 29.1 Å². The minimum absolute atomic E-state index is 0.0108. The fraction of sp³-hybridized carbons (Fsp3) is 0.525. The van der Waals surface area contributed by atoms with Crippen LogP contribution in [0, 0.1) is 12.3 Å². The van der Waals surface area contributed by atoms with Crippen molar-refractivity contribution in [1.82, 2.24) is 39.3 Å². The predicted molar refractivity (Wildman–Crippen MR) is 203 cm³/mol. The molecule has 9 rings (SSSR count). The summed E-state index contributed by atoms with van der Waals surface area (Å²) in [6, 6.07) is 9.60. The zero-order chi connectivity index (χ0) is 40.0. The summed E-state index contributed by atoms with van der Waals surface area (Å²) in [5.74, 6) is 0.210. The molecule has 302 valence electrons. The van der Waals surface area contributed by atoms with Crippen LogP contribution < -0.4 is 20.5 Å². The SMILES string of the molecule is CCc1c(N2CCN(C(=O)c3ncnc(C)c3OCc3ccccc3)CC2)c(=O)n2nc(C3=CCOCC3)nc2n1CC(=O)NC12CCC(C(F)(F)F)(CC1)CC2. The molecule has 1 N–H and O–H groups in total. The van der Waals surface area contributed by atoms with E-state index >= 15 is 0 Å². The van der Waals surface area contributed by atoms with Gasteiger partial charge in [0.05, 0.1) is 30.0 Å². The Balaban J connectivity index is 1.06. The molecule has 5 aliphatic rings. The van der Waals surface area contributed by atoms with Gasteiger partial charge in [-0.25, -0.2) is 9.97 Å². The highest BCUT2D eigenvalue weighted by atomic mass is 19.4. The first-order chi connectivity index (χ1) is 27.4. The standard InChI is InChI=1S/C40H46F3N9O5/c1-3-29-32(49-17-19-50(20-18-49)35(54)31-33(26(2)44-25-45-31)57-24-27-7-5-4-6-8-27)36(55)52-37(46-34(48-52)28-9-21-56-22-10-28)51(29)23-30(53)47-39-14-11-38(12-15-39,13-16-39)40(41,42)43/h4-9,25H,3,10-24H2,1-2H3,(H,47,53). The van der Waals surface area contributed by atoms with Gasteiger partial charge in [0.15, 0.2) is 17.3 Å². The molecule has 3 aromatic heterocycles. The summed E-state index contributed by atoms with van der Waals surface area (Å²) in [4.78, 5) is 59.3. The molecule has 2 aliphatic heterocycles. The number of alkyl halides is 3. The van der Waals surface area contributed by atoms with Crippen molar-refractivity contribution in [3.63, 3.8) is 0 Å². The summed E-state index contributed by atoms with van der Waals surface area (Å²) in [5, 5.41) is 7.78. The van der Waals surface area contributed by atoms with Crippen molar-refractivity contribution >= 4 is 28.9 Å². The van der Waals surface area contributed by atoms with Gasteiger partial charge in [0, 0.05) is 31.7 Å². The second-order valence-electron chi connectivity index (χ2n) is 15.5. The lowest BCUT2D eigenvalue weighted by molar-refractivity contribution is -0.254. The number of halogens is 3. The molecular formula is C40H46F3N9O5. The van der Waals surface area contributed by atoms with Crippen molar-refractivity contribution in [2.45, 2.75) is 90.1 Å². The van der Waals surface area contributed by atoms with Crippen LogP contribution in [0.2, 0.25) is 0 Å². The molecule has 5 heterocycles. The lowest BCUT2D eigenvalue weighted by Gasteiger charge is -2.54. The lowest BCUT2D eigenvalue weighted by atomic mass is 9.57. The number of hydrogen-bond acceptors (Lipinski definition) is 10. The van der Waals surface area contributed by atoms with Crippen molar-refractivity contribution in [2.75, 3.05) is 44.3 Å². The third-order valence-electron chi connectivity index (χ3n) is 12.3. The number of nitrogens with zero attached hydrogens (tertiary/aromatic N) is 8. The van der Waals surface area contributed by atoms with E-state index in [1.807, 2.05) is 48.2 Å². The summed E-state index contributed by atoms with van der Waals surface area (Å²) in [7, 11) is 0. The van der Waals surface area contributed by atoms with Crippen molar-refractivity contribution < 1.29 is 32.2 Å². The van der Waals surface area contributed by atoms with Gasteiger partial charge in [0.1, 0.15) is 25.2 Å². The van der Waals surface area contributed by atoms with Crippen LogP contribution >= 0.6 is 0 Å². The average molecular weight is 790 g/mol. The van der Waals surface area contributed by atoms with E-state index in [9.17, 15) is 27.6 Å². The van der Waals surface area contributed by atoms with E-state index in [1.165, 1.54) is 10.8 Å². The molecule has 0 unspecified atom stereocenters. The van der Waals surface area contributed by atoms with Crippen molar-refractivity contribution in [2.24, 2.45) is 5.41 Å². The first kappa shape index (κ1) is 38.5. The second kappa shape index (κ2) is 15.2. The number of hydrogen-bond donors (Lipinski definition) is 1. The third-order valence-corrected chi connectivity index (χ3v) is 12.3. The normalized spacial score (nSPS) is 22.4. The number of carbonyl (C=O) groups excluding carboxylic acids is 2. The quantitative estimate of drug-likeness (QED) is 0.240. The predicted octanol–water partition coefficient (Wildman–Crippen LogP) is 4.67. The number of fused-ring (bicyclic) bond motifs is 4. The Kier molecular flexibility index (Phi) is 10.3. The van der Waals surface area contributed by atoms with E-state index in [2.05, 4.69) is 20.4 Å². The molecule has 0 radical (unpaired) electrons. The Labute approximate surface area is 327 Å². The summed E-state index contributed by atoms with van der Waals surface area (Å²) in [6.07, 6.45) is 0.618. The Morgan fingerprint density at radius 2 is 1.72 bits per heavy atom. The fourth-order valence-electron chi connectivity index (χ4n) is 8.87. The number of carbonyl (C=O) groups is 2.